The molecule has 27 heavy (non-hydrogen) atoms. The van der Waals surface area contributed by atoms with Crippen molar-refractivity contribution in [1.29, 1.82) is 0 Å². The second-order valence-electron chi connectivity index (χ2n) is 5.75. The first-order chi connectivity index (χ1) is 13.0. The van der Waals surface area contributed by atoms with Gasteiger partial charge in [0.25, 0.3) is 5.91 Å². The minimum absolute atomic E-state index is 0.300. The SMILES string of the molecule is CCC(C(=O)O)n1/c(=N/C(=O)c2cccc(Cl)c2)sc2cccc(OC)c21. The van der Waals surface area contributed by atoms with Crippen LogP contribution in [0.1, 0.15) is 29.7 Å². The van der Waals surface area contributed by atoms with Crippen molar-refractivity contribution in [2.75, 3.05) is 7.11 Å². The molecule has 6 nitrogen and oxygen atoms in total. The van der Waals surface area contributed by atoms with Crippen molar-refractivity contribution in [2.24, 2.45) is 4.99 Å². The Balaban J connectivity index is 2.29. The lowest BCUT2D eigenvalue weighted by atomic mass is 10.2. The van der Waals surface area contributed by atoms with Gasteiger partial charge in [-0.05, 0) is 36.8 Å². The maximum absolute atomic E-state index is 12.6. The van der Waals surface area contributed by atoms with Crippen LogP contribution in [0.2, 0.25) is 5.02 Å². The van der Waals surface area contributed by atoms with Crippen LogP contribution in [0.3, 0.4) is 0 Å². The van der Waals surface area contributed by atoms with Crippen LogP contribution in [0.4, 0.5) is 0 Å². The summed E-state index contributed by atoms with van der Waals surface area (Å²) in [5.74, 6) is -0.961. The van der Waals surface area contributed by atoms with Gasteiger partial charge in [0.15, 0.2) is 4.80 Å². The molecule has 140 valence electrons. The molecule has 0 aliphatic heterocycles. The van der Waals surface area contributed by atoms with Crippen molar-refractivity contribution in [3.63, 3.8) is 0 Å². The van der Waals surface area contributed by atoms with E-state index in [2.05, 4.69) is 4.99 Å². The van der Waals surface area contributed by atoms with Crippen molar-refractivity contribution in [3.05, 3.63) is 57.9 Å². The molecule has 1 unspecified atom stereocenters. The average molecular weight is 405 g/mol. The Morgan fingerprint density at radius 3 is 2.67 bits per heavy atom. The number of carboxylic acid groups (broad SMARTS) is 1. The zero-order chi connectivity index (χ0) is 19.6. The number of carbonyl (C=O) groups is 2. The Morgan fingerprint density at radius 2 is 2.04 bits per heavy atom. The lowest BCUT2D eigenvalue weighted by Gasteiger charge is -2.15. The van der Waals surface area contributed by atoms with Gasteiger partial charge in [0.1, 0.15) is 17.3 Å². The number of fused-ring (bicyclic) bond motifs is 1. The summed E-state index contributed by atoms with van der Waals surface area (Å²) in [5, 5.41) is 10.1. The second kappa shape index (κ2) is 7.94. The molecule has 1 N–H and O–H groups in total. The first-order valence-electron chi connectivity index (χ1n) is 8.21. The molecule has 0 radical (unpaired) electrons. The van der Waals surface area contributed by atoms with E-state index in [1.54, 1.807) is 35.8 Å². The first kappa shape index (κ1) is 19.1. The highest BCUT2D eigenvalue weighted by Crippen LogP contribution is 2.30. The van der Waals surface area contributed by atoms with Gasteiger partial charge >= 0.3 is 5.97 Å². The number of ether oxygens (including phenoxy) is 1. The van der Waals surface area contributed by atoms with Crippen LogP contribution in [-0.4, -0.2) is 28.7 Å². The van der Waals surface area contributed by atoms with Crippen molar-refractivity contribution in [1.82, 2.24) is 4.57 Å². The van der Waals surface area contributed by atoms with Crippen LogP contribution >= 0.6 is 22.9 Å². The van der Waals surface area contributed by atoms with Crippen LogP contribution < -0.4 is 9.54 Å². The number of amides is 1. The number of benzene rings is 2. The van der Waals surface area contributed by atoms with Crippen LogP contribution in [0, 0.1) is 0 Å². The summed E-state index contributed by atoms with van der Waals surface area (Å²) in [6.07, 6.45) is 0.331. The summed E-state index contributed by atoms with van der Waals surface area (Å²) in [7, 11) is 1.52. The van der Waals surface area contributed by atoms with E-state index in [1.165, 1.54) is 24.5 Å². The Morgan fingerprint density at radius 1 is 1.30 bits per heavy atom. The van der Waals surface area contributed by atoms with E-state index in [0.717, 1.165) is 4.70 Å². The summed E-state index contributed by atoms with van der Waals surface area (Å²) in [6.45, 7) is 1.77. The maximum Gasteiger partial charge on any atom is 0.326 e. The molecule has 1 heterocycles. The molecular weight excluding hydrogens is 388 g/mol. The van der Waals surface area contributed by atoms with Gasteiger partial charge in [0, 0.05) is 10.6 Å². The minimum atomic E-state index is -1.00. The third-order valence-corrected chi connectivity index (χ3v) is 5.34. The van der Waals surface area contributed by atoms with Gasteiger partial charge in [-0.2, -0.15) is 4.99 Å². The predicted molar refractivity (Wildman–Crippen MR) is 105 cm³/mol. The summed E-state index contributed by atoms with van der Waals surface area (Å²) in [4.78, 5) is 28.9. The fraction of sp³-hybridized carbons (Fsp3) is 0.211. The highest BCUT2D eigenvalue weighted by molar-refractivity contribution is 7.16. The minimum Gasteiger partial charge on any atom is -0.495 e. The molecule has 3 aromatic rings. The number of carbonyl (C=O) groups excluding carboxylic acids is 1. The standard InChI is InChI=1S/C19H17ClN2O4S/c1-3-13(18(24)25)22-16-14(26-2)8-5-9-15(16)27-19(22)21-17(23)11-6-4-7-12(20)10-11/h4-10,13H,3H2,1-2H3,(H,24,25)/b21-19-. The number of para-hydroxylation sites is 1. The van der Waals surface area contributed by atoms with E-state index in [9.17, 15) is 14.7 Å². The topological polar surface area (TPSA) is 80.9 Å². The lowest BCUT2D eigenvalue weighted by Crippen LogP contribution is -2.27. The molecule has 1 atom stereocenters. The van der Waals surface area contributed by atoms with Gasteiger partial charge in [-0.3, -0.25) is 9.36 Å². The summed E-state index contributed by atoms with van der Waals surface area (Å²) in [5.41, 5.74) is 0.943. The van der Waals surface area contributed by atoms with Crippen LogP contribution in [-0.2, 0) is 4.79 Å². The molecule has 1 aromatic heterocycles. The first-order valence-corrected chi connectivity index (χ1v) is 9.41. The zero-order valence-corrected chi connectivity index (χ0v) is 16.3. The highest BCUT2D eigenvalue weighted by atomic mass is 35.5. The Labute approximate surface area is 164 Å². The van der Waals surface area contributed by atoms with E-state index in [4.69, 9.17) is 16.3 Å². The lowest BCUT2D eigenvalue weighted by molar-refractivity contribution is -0.140. The molecule has 0 saturated carbocycles. The third kappa shape index (κ3) is 3.74. The molecular formula is C19H17ClN2O4S. The Hall–Kier alpha value is -2.64. The third-order valence-electron chi connectivity index (χ3n) is 4.08. The van der Waals surface area contributed by atoms with Crippen molar-refractivity contribution in [2.45, 2.75) is 19.4 Å². The number of thiazole rings is 1. The van der Waals surface area contributed by atoms with Gasteiger partial charge in [0.2, 0.25) is 0 Å². The highest BCUT2D eigenvalue weighted by Gasteiger charge is 2.24. The number of methoxy groups -OCH3 is 1. The van der Waals surface area contributed by atoms with E-state index in [-0.39, 0.29) is 0 Å². The summed E-state index contributed by atoms with van der Waals surface area (Å²) < 4.78 is 7.75. The van der Waals surface area contributed by atoms with E-state index in [0.29, 0.717) is 33.1 Å². The fourth-order valence-electron chi connectivity index (χ4n) is 2.84. The molecule has 0 bridgehead atoms. The number of hydrogen-bond donors (Lipinski definition) is 1. The van der Waals surface area contributed by atoms with Crippen LogP contribution in [0.25, 0.3) is 10.2 Å². The van der Waals surface area contributed by atoms with Gasteiger partial charge in [-0.1, -0.05) is 42.0 Å². The fourth-order valence-corrected chi connectivity index (χ4v) is 4.11. The number of aromatic nitrogens is 1. The van der Waals surface area contributed by atoms with Crippen LogP contribution in [0.5, 0.6) is 5.75 Å². The number of aliphatic carboxylic acids is 1. The number of rotatable bonds is 5. The monoisotopic (exact) mass is 404 g/mol. The molecule has 0 fully saturated rings. The van der Waals surface area contributed by atoms with E-state index >= 15 is 0 Å². The number of nitrogens with zero attached hydrogens (tertiary/aromatic N) is 2. The molecule has 2 aromatic carbocycles. The average Bonchev–Trinajstić information content (AvgIpc) is 3.00. The summed E-state index contributed by atoms with van der Waals surface area (Å²) in [6, 6.07) is 11.0. The van der Waals surface area contributed by atoms with Crippen molar-refractivity contribution >= 4 is 45.0 Å². The van der Waals surface area contributed by atoms with Gasteiger partial charge in [-0.15, -0.1) is 0 Å². The Kier molecular flexibility index (Phi) is 5.62. The number of hydrogen-bond acceptors (Lipinski definition) is 4. The normalized spacial score (nSPS) is 12.9. The van der Waals surface area contributed by atoms with E-state index < -0.39 is 17.9 Å². The van der Waals surface area contributed by atoms with Gasteiger partial charge in [-0.25, -0.2) is 4.79 Å². The van der Waals surface area contributed by atoms with Crippen LogP contribution in [0.15, 0.2) is 47.5 Å². The molecule has 0 saturated heterocycles. The molecule has 3 rings (SSSR count). The second-order valence-corrected chi connectivity index (χ2v) is 7.20. The molecule has 8 heteroatoms. The summed E-state index contributed by atoms with van der Waals surface area (Å²) >= 11 is 7.19. The molecule has 0 spiro atoms. The molecule has 0 aliphatic rings. The van der Waals surface area contributed by atoms with Crippen molar-refractivity contribution in [3.8, 4) is 5.75 Å². The van der Waals surface area contributed by atoms with E-state index in [1.807, 2.05) is 12.1 Å². The zero-order valence-electron chi connectivity index (χ0n) is 14.7. The molecule has 1 amide bonds. The number of carboxylic acids is 1. The van der Waals surface area contributed by atoms with Gasteiger partial charge in [0.05, 0.1) is 11.8 Å². The largest absolute Gasteiger partial charge is 0.495 e. The van der Waals surface area contributed by atoms with Crippen molar-refractivity contribution < 1.29 is 19.4 Å². The Bertz CT molecular complexity index is 1090. The predicted octanol–water partition coefficient (Wildman–Crippen LogP) is 4.14. The molecule has 0 aliphatic carbocycles. The quantitative estimate of drug-likeness (QED) is 0.692. The smallest absolute Gasteiger partial charge is 0.326 e. The maximum atomic E-state index is 12.6. The van der Waals surface area contributed by atoms with Gasteiger partial charge < -0.3 is 9.84 Å². The number of halogens is 1.